The molecule has 0 atom stereocenters. The normalized spacial score (nSPS) is 13.4. The summed E-state index contributed by atoms with van der Waals surface area (Å²) in [4.78, 5) is 15.7. The average molecular weight is 638 g/mol. The van der Waals surface area contributed by atoms with E-state index in [0.717, 1.165) is 44.2 Å². The molecule has 2 aliphatic carbocycles. The molecule has 4 heteroatoms. The lowest BCUT2D eigenvalue weighted by Gasteiger charge is -2.30. The first-order valence-corrected chi connectivity index (χ1v) is 17.0. The Balaban J connectivity index is 1.22. The van der Waals surface area contributed by atoms with Gasteiger partial charge in [0.1, 0.15) is 11.2 Å². The molecule has 0 N–H and O–H groups in total. The zero-order valence-electron chi connectivity index (χ0n) is 26.8. The van der Waals surface area contributed by atoms with E-state index in [9.17, 15) is 0 Å². The van der Waals surface area contributed by atoms with Crippen molar-refractivity contribution < 1.29 is 4.42 Å². The van der Waals surface area contributed by atoms with E-state index >= 15 is 0 Å². The number of nitrogens with zero attached hydrogens (tertiary/aromatic N) is 3. The summed E-state index contributed by atoms with van der Waals surface area (Å²) in [5.74, 6) is 1.88. The second-order valence-electron chi connectivity index (χ2n) is 13.1. The van der Waals surface area contributed by atoms with Gasteiger partial charge in [0.15, 0.2) is 17.5 Å². The van der Waals surface area contributed by atoms with E-state index < -0.39 is 5.41 Å². The molecule has 7 aromatic carbocycles. The number of fused-ring (bicyclic) bond motifs is 13. The summed E-state index contributed by atoms with van der Waals surface area (Å²) in [5.41, 5.74) is 14.1. The third-order valence-corrected chi connectivity index (χ3v) is 10.6. The minimum Gasteiger partial charge on any atom is -0.456 e. The highest BCUT2D eigenvalue weighted by molar-refractivity contribution is 6.12. The Kier molecular flexibility index (Phi) is 5.56. The Morgan fingerprint density at radius 1 is 0.360 bits per heavy atom. The first-order chi connectivity index (χ1) is 24.8. The van der Waals surface area contributed by atoms with Crippen LogP contribution in [-0.4, -0.2) is 15.0 Å². The van der Waals surface area contributed by atoms with Crippen molar-refractivity contribution in [2.75, 3.05) is 0 Å². The quantitative estimate of drug-likeness (QED) is 0.193. The van der Waals surface area contributed by atoms with Crippen LogP contribution in [0.25, 0.3) is 78.4 Å². The van der Waals surface area contributed by atoms with Crippen LogP contribution in [0.2, 0.25) is 0 Å². The number of para-hydroxylation sites is 1. The van der Waals surface area contributed by atoms with Gasteiger partial charge in [-0.2, -0.15) is 0 Å². The summed E-state index contributed by atoms with van der Waals surface area (Å²) in [5, 5.41) is 2.04. The van der Waals surface area contributed by atoms with Crippen LogP contribution >= 0.6 is 0 Å². The van der Waals surface area contributed by atoms with Crippen LogP contribution in [0, 0.1) is 0 Å². The largest absolute Gasteiger partial charge is 0.456 e. The van der Waals surface area contributed by atoms with Crippen LogP contribution in [0.4, 0.5) is 0 Å². The van der Waals surface area contributed by atoms with E-state index in [2.05, 4.69) is 115 Å². The summed E-state index contributed by atoms with van der Waals surface area (Å²) in [6, 6.07) is 57.7. The molecule has 0 unspecified atom stereocenters. The fourth-order valence-corrected chi connectivity index (χ4v) is 8.62. The lowest BCUT2D eigenvalue weighted by Crippen LogP contribution is -2.25. The minimum atomic E-state index is -0.450. The lowest BCUT2D eigenvalue weighted by molar-refractivity contribution is 0.669. The van der Waals surface area contributed by atoms with Gasteiger partial charge in [0.2, 0.25) is 0 Å². The molecule has 0 fully saturated rings. The van der Waals surface area contributed by atoms with Gasteiger partial charge in [-0.3, -0.25) is 0 Å². The predicted octanol–water partition coefficient (Wildman–Crippen LogP) is 11.1. The van der Waals surface area contributed by atoms with Gasteiger partial charge >= 0.3 is 0 Å². The molecule has 2 aromatic heterocycles. The van der Waals surface area contributed by atoms with Crippen molar-refractivity contribution in [3.63, 3.8) is 0 Å². The van der Waals surface area contributed by atoms with E-state index in [-0.39, 0.29) is 0 Å². The summed E-state index contributed by atoms with van der Waals surface area (Å²) >= 11 is 0. The lowest BCUT2D eigenvalue weighted by atomic mass is 9.70. The fraction of sp³-hybridized carbons (Fsp3) is 0.0217. The van der Waals surface area contributed by atoms with E-state index in [0.29, 0.717) is 17.5 Å². The van der Waals surface area contributed by atoms with E-state index in [1.807, 2.05) is 48.5 Å². The molecule has 0 aliphatic heterocycles. The molecule has 11 rings (SSSR count). The van der Waals surface area contributed by atoms with Crippen LogP contribution in [0.1, 0.15) is 22.3 Å². The molecule has 1 spiro atoms. The van der Waals surface area contributed by atoms with Gasteiger partial charge < -0.3 is 4.42 Å². The Morgan fingerprint density at radius 3 is 1.62 bits per heavy atom. The van der Waals surface area contributed by atoms with Crippen LogP contribution < -0.4 is 0 Å². The topological polar surface area (TPSA) is 51.8 Å². The Labute approximate surface area is 288 Å². The molecule has 0 bridgehead atoms. The van der Waals surface area contributed by atoms with Crippen LogP contribution in [0.3, 0.4) is 0 Å². The van der Waals surface area contributed by atoms with Crippen molar-refractivity contribution in [1.29, 1.82) is 0 Å². The van der Waals surface area contributed by atoms with Crippen molar-refractivity contribution in [1.82, 2.24) is 15.0 Å². The molecule has 232 valence electrons. The van der Waals surface area contributed by atoms with Crippen molar-refractivity contribution in [2.45, 2.75) is 5.41 Å². The van der Waals surface area contributed by atoms with Crippen molar-refractivity contribution in [3.8, 4) is 56.4 Å². The zero-order valence-corrected chi connectivity index (χ0v) is 26.8. The van der Waals surface area contributed by atoms with Gasteiger partial charge in [0.05, 0.1) is 5.41 Å². The van der Waals surface area contributed by atoms with Crippen LogP contribution in [0.15, 0.2) is 168 Å². The molecule has 50 heavy (non-hydrogen) atoms. The first kappa shape index (κ1) is 27.3. The van der Waals surface area contributed by atoms with Gasteiger partial charge in [-0.15, -0.1) is 0 Å². The molecule has 0 saturated heterocycles. The van der Waals surface area contributed by atoms with Gasteiger partial charge in [-0.25, -0.2) is 15.0 Å². The number of aromatic nitrogens is 3. The maximum atomic E-state index is 6.28. The maximum Gasteiger partial charge on any atom is 0.164 e. The van der Waals surface area contributed by atoms with Gasteiger partial charge in [-0.05, 0) is 56.6 Å². The third-order valence-electron chi connectivity index (χ3n) is 10.6. The van der Waals surface area contributed by atoms with E-state index in [1.54, 1.807) is 0 Å². The number of benzene rings is 7. The third kappa shape index (κ3) is 3.57. The van der Waals surface area contributed by atoms with Gasteiger partial charge in [0, 0.05) is 27.5 Å². The first-order valence-electron chi connectivity index (χ1n) is 17.0. The Morgan fingerprint density at radius 2 is 0.860 bits per heavy atom. The number of hydrogen-bond acceptors (Lipinski definition) is 4. The summed E-state index contributed by atoms with van der Waals surface area (Å²) < 4.78 is 6.28. The molecular formula is C46H27N3O. The molecule has 4 nitrogen and oxygen atoms in total. The smallest absolute Gasteiger partial charge is 0.164 e. The molecule has 2 heterocycles. The average Bonchev–Trinajstić information content (AvgIpc) is 3.82. The predicted molar refractivity (Wildman–Crippen MR) is 200 cm³/mol. The van der Waals surface area contributed by atoms with Crippen LogP contribution in [0.5, 0.6) is 0 Å². The van der Waals surface area contributed by atoms with Crippen molar-refractivity contribution in [3.05, 3.63) is 186 Å². The van der Waals surface area contributed by atoms with Gasteiger partial charge in [0.25, 0.3) is 0 Å². The highest BCUT2D eigenvalue weighted by Gasteiger charge is 2.52. The second-order valence-corrected chi connectivity index (χ2v) is 13.1. The number of furan rings is 1. The van der Waals surface area contributed by atoms with E-state index in [1.165, 1.54) is 38.9 Å². The molecule has 9 aromatic rings. The zero-order chi connectivity index (χ0) is 32.8. The molecule has 0 saturated carbocycles. The second kappa shape index (κ2) is 10.2. The fourth-order valence-electron chi connectivity index (χ4n) is 8.62. The molecule has 0 amide bonds. The number of rotatable bonds is 3. The summed E-state index contributed by atoms with van der Waals surface area (Å²) in [6.45, 7) is 0. The van der Waals surface area contributed by atoms with Gasteiger partial charge in [-0.1, -0.05) is 152 Å². The van der Waals surface area contributed by atoms with Crippen molar-refractivity contribution >= 4 is 21.9 Å². The standard InChI is InChI=1S/C46H27N3O/c1-2-14-28(15-3-1)43-47-44(49-45(48-43)34-21-13-27-40-42(34)32-19-7-11-26-39(32)50-40)33-20-12-25-38-41(33)31-18-6-10-24-37(31)46(38)35-22-8-4-16-29(35)30-17-5-9-23-36(30)46/h1-27H. The Hall–Kier alpha value is -6.65. The molecule has 0 radical (unpaired) electrons. The number of hydrogen-bond donors (Lipinski definition) is 0. The van der Waals surface area contributed by atoms with Crippen molar-refractivity contribution in [2.24, 2.45) is 0 Å². The van der Waals surface area contributed by atoms with Crippen LogP contribution in [-0.2, 0) is 5.41 Å². The highest BCUT2D eigenvalue weighted by atomic mass is 16.3. The summed E-state index contributed by atoms with van der Waals surface area (Å²) in [7, 11) is 0. The highest BCUT2D eigenvalue weighted by Crippen LogP contribution is 2.63. The molecular weight excluding hydrogens is 611 g/mol. The summed E-state index contributed by atoms with van der Waals surface area (Å²) in [6.07, 6.45) is 0. The monoisotopic (exact) mass is 637 g/mol. The Bertz CT molecular complexity index is 2790. The van der Waals surface area contributed by atoms with E-state index in [4.69, 9.17) is 19.4 Å². The SMILES string of the molecule is c1ccc(-c2nc(-c3cccc4c3-c3ccccc3C43c4ccccc4-c4ccccc43)nc(-c3cccc4oc5ccccc5c34)n2)cc1. The minimum absolute atomic E-state index is 0.450. The molecule has 2 aliphatic rings. The maximum absolute atomic E-state index is 6.28.